The van der Waals surface area contributed by atoms with Gasteiger partial charge in [0.05, 0.1) is 6.54 Å². The van der Waals surface area contributed by atoms with Crippen molar-refractivity contribution in [2.45, 2.75) is 19.4 Å². The molecule has 0 aromatic carbocycles. The molecule has 1 saturated heterocycles. The second-order valence-electron chi connectivity index (χ2n) is 5.76. The van der Waals surface area contributed by atoms with E-state index < -0.39 is 15.6 Å². The standard InChI is InChI=1S/C15H23N3O4S/c1-4-23(20,21)11-14(19)18-9-7-12(10-18)22-13-6-5-8-16-15(13)17(2)3/h5-6,8,12H,4,7,9-11H2,1-3H3. The van der Waals surface area contributed by atoms with E-state index in [4.69, 9.17) is 4.74 Å². The molecule has 1 fully saturated rings. The molecule has 1 aromatic heterocycles. The van der Waals surface area contributed by atoms with Gasteiger partial charge in [0.25, 0.3) is 0 Å². The number of likely N-dealkylation sites (tertiary alicyclic amines) is 1. The predicted molar refractivity (Wildman–Crippen MR) is 88.5 cm³/mol. The van der Waals surface area contributed by atoms with Crippen LogP contribution in [-0.4, -0.2) is 69.0 Å². The van der Waals surface area contributed by atoms with E-state index in [0.29, 0.717) is 25.3 Å². The maximum absolute atomic E-state index is 12.1. The van der Waals surface area contributed by atoms with Gasteiger partial charge in [-0.2, -0.15) is 0 Å². The van der Waals surface area contributed by atoms with Crippen LogP contribution in [0.4, 0.5) is 5.82 Å². The molecule has 0 spiro atoms. The molecule has 0 N–H and O–H groups in total. The monoisotopic (exact) mass is 341 g/mol. The minimum absolute atomic E-state index is 0.0195. The van der Waals surface area contributed by atoms with Crippen molar-refractivity contribution < 1.29 is 17.9 Å². The highest BCUT2D eigenvalue weighted by Crippen LogP contribution is 2.26. The molecule has 128 valence electrons. The number of pyridine rings is 1. The third-order valence-corrected chi connectivity index (χ3v) is 5.32. The molecule has 2 rings (SSSR count). The number of aromatic nitrogens is 1. The van der Waals surface area contributed by atoms with Crippen molar-refractivity contribution in [3.8, 4) is 5.75 Å². The second-order valence-corrected chi connectivity index (χ2v) is 8.12. The average Bonchev–Trinajstić information content (AvgIpc) is 2.96. The van der Waals surface area contributed by atoms with E-state index >= 15 is 0 Å². The van der Waals surface area contributed by atoms with Gasteiger partial charge in [0.15, 0.2) is 21.4 Å². The highest BCUT2D eigenvalue weighted by atomic mass is 32.2. The van der Waals surface area contributed by atoms with Gasteiger partial charge in [-0.1, -0.05) is 6.92 Å². The molecular weight excluding hydrogens is 318 g/mol. The Labute approximate surface area is 137 Å². The molecule has 1 amide bonds. The van der Waals surface area contributed by atoms with Gasteiger partial charge in [-0.3, -0.25) is 4.79 Å². The Morgan fingerprint density at radius 2 is 2.22 bits per heavy atom. The first-order valence-electron chi connectivity index (χ1n) is 7.59. The van der Waals surface area contributed by atoms with Crippen molar-refractivity contribution in [1.82, 2.24) is 9.88 Å². The largest absolute Gasteiger partial charge is 0.485 e. The molecule has 2 heterocycles. The molecule has 8 heteroatoms. The van der Waals surface area contributed by atoms with Crippen molar-refractivity contribution in [3.63, 3.8) is 0 Å². The highest BCUT2D eigenvalue weighted by molar-refractivity contribution is 7.92. The van der Waals surface area contributed by atoms with Crippen molar-refractivity contribution >= 4 is 21.6 Å². The summed E-state index contributed by atoms with van der Waals surface area (Å²) in [5.74, 6) is 0.598. The summed E-state index contributed by atoms with van der Waals surface area (Å²) in [7, 11) is 0.469. The van der Waals surface area contributed by atoms with Gasteiger partial charge >= 0.3 is 0 Å². The Bertz CT molecular complexity index is 660. The van der Waals surface area contributed by atoms with E-state index in [0.717, 1.165) is 5.82 Å². The number of nitrogens with zero attached hydrogens (tertiary/aromatic N) is 3. The van der Waals surface area contributed by atoms with Gasteiger partial charge in [-0.25, -0.2) is 13.4 Å². The molecule has 1 aliphatic rings. The van der Waals surface area contributed by atoms with Crippen LogP contribution in [0.2, 0.25) is 0 Å². The number of rotatable bonds is 6. The summed E-state index contributed by atoms with van der Waals surface area (Å²) in [5.41, 5.74) is 0. The summed E-state index contributed by atoms with van der Waals surface area (Å²) in [6, 6.07) is 3.64. The van der Waals surface area contributed by atoms with E-state index in [1.165, 1.54) is 0 Å². The predicted octanol–water partition coefficient (Wildman–Crippen LogP) is 0.562. The van der Waals surface area contributed by atoms with Gasteiger partial charge < -0.3 is 14.5 Å². The molecule has 23 heavy (non-hydrogen) atoms. The zero-order chi connectivity index (χ0) is 17.0. The Kier molecular flexibility index (Phi) is 5.46. The normalized spacial score (nSPS) is 18.0. The van der Waals surface area contributed by atoms with E-state index in [2.05, 4.69) is 4.98 Å². The first-order valence-corrected chi connectivity index (χ1v) is 9.41. The van der Waals surface area contributed by atoms with E-state index in [1.54, 1.807) is 24.1 Å². The molecule has 0 aliphatic carbocycles. The quantitative estimate of drug-likeness (QED) is 0.752. The number of ether oxygens (including phenoxy) is 1. The molecule has 1 unspecified atom stereocenters. The van der Waals surface area contributed by atoms with Crippen molar-refractivity contribution in [1.29, 1.82) is 0 Å². The molecule has 0 bridgehead atoms. The summed E-state index contributed by atoms with van der Waals surface area (Å²) in [6.07, 6.45) is 2.23. The van der Waals surface area contributed by atoms with Crippen LogP contribution in [0.25, 0.3) is 0 Å². The van der Waals surface area contributed by atoms with Crippen LogP contribution in [0.15, 0.2) is 18.3 Å². The minimum atomic E-state index is -3.30. The zero-order valence-electron chi connectivity index (χ0n) is 13.7. The topological polar surface area (TPSA) is 79.8 Å². The number of hydrogen-bond acceptors (Lipinski definition) is 6. The van der Waals surface area contributed by atoms with Gasteiger partial charge in [-0.05, 0) is 12.1 Å². The fraction of sp³-hybridized carbons (Fsp3) is 0.600. The Morgan fingerprint density at radius 1 is 1.48 bits per heavy atom. The van der Waals surface area contributed by atoms with Crippen molar-refractivity contribution in [2.24, 2.45) is 0 Å². The summed E-state index contributed by atoms with van der Waals surface area (Å²) in [5, 5.41) is 0. The molecule has 1 aliphatic heterocycles. The Hall–Kier alpha value is -1.83. The van der Waals surface area contributed by atoms with E-state index in [-0.39, 0.29) is 17.8 Å². The number of carbonyl (C=O) groups is 1. The molecular formula is C15H23N3O4S. The van der Waals surface area contributed by atoms with E-state index in [1.807, 2.05) is 25.1 Å². The Balaban J connectivity index is 1.97. The lowest BCUT2D eigenvalue weighted by Gasteiger charge is -2.20. The number of sulfone groups is 1. The lowest BCUT2D eigenvalue weighted by atomic mass is 10.3. The fourth-order valence-electron chi connectivity index (χ4n) is 2.42. The SMILES string of the molecule is CCS(=O)(=O)CC(=O)N1CCC(Oc2cccnc2N(C)C)C1. The molecule has 1 aromatic rings. The van der Waals surface area contributed by atoms with Crippen LogP contribution in [0.5, 0.6) is 5.75 Å². The average molecular weight is 341 g/mol. The summed E-state index contributed by atoms with van der Waals surface area (Å²) in [6.45, 7) is 2.46. The van der Waals surface area contributed by atoms with Gasteiger partial charge in [-0.15, -0.1) is 0 Å². The van der Waals surface area contributed by atoms with Crippen molar-refractivity contribution in [2.75, 3.05) is 43.6 Å². The fourth-order valence-corrected chi connectivity index (χ4v) is 3.18. The summed E-state index contributed by atoms with van der Waals surface area (Å²) in [4.78, 5) is 19.8. The number of anilines is 1. The van der Waals surface area contributed by atoms with Crippen LogP contribution < -0.4 is 9.64 Å². The van der Waals surface area contributed by atoms with Crippen molar-refractivity contribution in [3.05, 3.63) is 18.3 Å². The number of carbonyl (C=O) groups excluding carboxylic acids is 1. The summed E-state index contributed by atoms with van der Waals surface area (Å²) < 4.78 is 29.1. The lowest BCUT2D eigenvalue weighted by Crippen LogP contribution is -2.35. The molecule has 1 atom stereocenters. The first kappa shape index (κ1) is 17.5. The highest BCUT2D eigenvalue weighted by Gasteiger charge is 2.30. The second kappa shape index (κ2) is 7.16. The summed E-state index contributed by atoms with van der Waals surface area (Å²) >= 11 is 0. The third-order valence-electron chi connectivity index (χ3n) is 3.75. The van der Waals surface area contributed by atoms with Crippen LogP contribution >= 0.6 is 0 Å². The van der Waals surface area contributed by atoms with Crippen LogP contribution in [0.1, 0.15) is 13.3 Å². The Morgan fingerprint density at radius 3 is 2.87 bits per heavy atom. The first-order chi connectivity index (χ1) is 10.8. The van der Waals surface area contributed by atoms with Crippen LogP contribution in [0, 0.1) is 0 Å². The maximum atomic E-state index is 12.1. The third kappa shape index (κ3) is 4.57. The molecule has 0 saturated carbocycles. The van der Waals surface area contributed by atoms with Crippen LogP contribution in [0.3, 0.4) is 0 Å². The smallest absolute Gasteiger partial charge is 0.237 e. The maximum Gasteiger partial charge on any atom is 0.237 e. The van der Waals surface area contributed by atoms with Gasteiger partial charge in [0, 0.05) is 39.0 Å². The van der Waals surface area contributed by atoms with Gasteiger partial charge in [0.1, 0.15) is 11.9 Å². The van der Waals surface area contributed by atoms with E-state index in [9.17, 15) is 13.2 Å². The number of amides is 1. The minimum Gasteiger partial charge on any atom is -0.485 e. The lowest BCUT2D eigenvalue weighted by molar-refractivity contribution is -0.127. The van der Waals surface area contributed by atoms with Gasteiger partial charge in [0.2, 0.25) is 5.91 Å². The number of hydrogen-bond donors (Lipinski definition) is 0. The van der Waals surface area contributed by atoms with Crippen LogP contribution in [-0.2, 0) is 14.6 Å². The molecule has 0 radical (unpaired) electrons. The molecule has 7 nitrogen and oxygen atoms in total. The zero-order valence-corrected chi connectivity index (χ0v) is 14.5.